The first kappa shape index (κ1) is 21.0. The topological polar surface area (TPSA) is 26.0 Å². The van der Waals surface area contributed by atoms with Crippen LogP contribution < -0.4 is 5.73 Å². The van der Waals surface area contributed by atoms with Crippen LogP contribution in [-0.2, 0) is 6.42 Å². The van der Waals surface area contributed by atoms with E-state index in [2.05, 4.69) is 43.3 Å². The Hall–Kier alpha value is -1.76. The van der Waals surface area contributed by atoms with Crippen molar-refractivity contribution < 1.29 is 0 Å². The maximum atomic E-state index is 5.78. The minimum atomic E-state index is 0.784. The number of unbranched alkanes of at least 4 members (excludes halogenated alkanes) is 5. The van der Waals surface area contributed by atoms with Gasteiger partial charge in [-0.15, -0.1) is 0 Å². The first-order chi connectivity index (χ1) is 13.7. The largest absolute Gasteiger partial charge is 0.399 e. The van der Waals surface area contributed by atoms with E-state index >= 15 is 0 Å². The number of anilines is 1. The molecule has 0 amide bonds. The van der Waals surface area contributed by atoms with Gasteiger partial charge in [0, 0.05) is 5.69 Å². The third-order valence-corrected chi connectivity index (χ3v) is 6.65. The third-order valence-electron chi connectivity index (χ3n) is 6.65. The van der Waals surface area contributed by atoms with Crippen LogP contribution >= 0.6 is 0 Å². The van der Waals surface area contributed by atoms with E-state index in [4.69, 9.17) is 5.73 Å². The maximum absolute atomic E-state index is 5.78. The highest BCUT2D eigenvalue weighted by Gasteiger charge is 2.21. The van der Waals surface area contributed by atoms with Crippen molar-refractivity contribution in [1.29, 1.82) is 0 Å². The maximum Gasteiger partial charge on any atom is 0.0314 e. The summed E-state index contributed by atoms with van der Waals surface area (Å²) in [5, 5.41) is 0. The highest BCUT2D eigenvalue weighted by atomic mass is 14.5. The Morgan fingerprint density at radius 3 is 1.93 bits per heavy atom. The molecule has 0 aliphatic heterocycles. The molecule has 0 spiro atoms. The molecule has 0 atom stereocenters. The van der Waals surface area contributed by atoms with E-state index in [0.29, 0.717) is 0 Å². The quantitative estimate of drug-likeness (QED) is 0.330. The Morgan fingerprint density at radius 1 is 0.714 bits per heavy atom. The average molecular weight is 378 g/mol. The molecule has 0 radical (unpaired) electrons. The lowest BCUT2D eigenvalue weighted by Gasteiger charge is -2.29. The molecule has 2 N–H and O–H groups in total. The fourth-order valence-electron chi connectivity index (χ4n) is 4.78. The van der Waals surface area contributed by atoms with Gasteiger partial charge in [0.2, 0.25) is 0 Å². The molecular weight excluding hydrogens is 338 g/mol. The lowest BCUT2D eigenvalue weighted by Crippen LogP contribution is -2.13. The Bertz CT molecular complexity index is 662. The number of nitrogen functional groups attached to an aromatic ring is 1. The summed E-state index contributed by atoms with van der Waals surface area (Å²) in [5.41, 5.74) is 10.9. The highest BCUT2D eigenvalue weighted by molar-refractivity contribution is 5.40. The van der Waals surface area contributed by atoms with Crippen LogP contribution in [0.2, 0.25) is 0 Å². The molecule has 152 valence electrons. The minimum Gasteiger partial charge on any atom is -0.399 e. The van der Waals surface area contributed by atoms with Crippen LogP contribution in [0.3, 0.4) is 0 Å². The smallest absolute Gasteiger partial charge is 0.0314 e. The van der Waals surface area contributed by atoms with Crippen LogP contribution in [-0.4, -0.2) is 0 Å². The van der Waals surface area contributed by atoms with Gasteiger partial charge in [0.1, 0.15) is 0 Å². The second-order valence-corrected chi connectivity index (χ2v) is 8.93. The highest BCUT2D eigenvalue weighted by Crippen LogP contribution is 2.37. The first-order valence-corrected chi connectivity index (χ1v) is 11.7. The van der Waals surface area contributed by atoms with E-state index in [9.17, 15) is 0 Å². The number of benzene rings is 2. The summed E-state index contributed by atoms with van der Waals surface area (Å²) in [4.78, 5) is 0. The van der Waals surface area contributed by atoms with Gasteiger partial charge < -0.3 is 5.73 Å². The van der Waals surface area contributed by atoms with Crippen LogP contribution in [0.25, 0.3) is 0 Å². The monoisotopic (exact) mass is 377 g/mol. The van der Waals surface area contributed by atoms with E-state index in [-0.39, 0.29) is 0 Å². The molecule has 0 aromatic heterocycles. The molecule has 28 heavy (non-hydrogen) atoms. The van der Waals surface area contributed by atoms with Crippen molar-refractivity contribution in [3.63, 3.8) is 0 Å². The summed E-state index contributed by atoms with van der Waals surface area (Å²) < 4.78 is 0. The Balaban J connectivity index is 1.39. The van der Waals surface area contributed by atoms with Crippen molar-refractivity contribution in [2.24, 2.45) is 5.92 Å². The zero-order valence-corrected chi connectivity index (χ0v) is 17.8. The fraction of sp³-hybridized carbons (Fsp3) is 0.556. The van der Waals surface area contributed by atoms with Crippen LogP contribution in [0.1, 0.15) is 100 Å². The van der Waals surface area contributed by atoms with Crippen molar-refractivity contribution in [3.8, 4) is 0 Å². The predicted octanol–water partition coefficient (Wildman–Crippen LogP) is 7.88. The van der Waals surface area contributed by atoms with E-state index in [1.165, 1.54) is 81.8 Å². The van der Waals surface area contributed by atoms with Gasteiger partial charge in [-0.25, -0.2) is 0 Å². The van der Waals surface area contributed by atoms with Gasteiger partial charge in [0.05, 0.1) is 0 Å². The van der Waals surface area contributed by atoms with Crippen molar-refractivity contribution in [3.05, 3.63) is 65.2 Å². The lowest BCUT2D eigenvalue weighted by molar-refractivity contribution is 0.302. The Morgan fingerprint density at radius 2 is 1.29 bits per heavy atom. The van der Waals surface area contributed by atoms with Crippen molar-refractivity contribution in [2.45, 2.75) is 89.9 Å². The lowest BCUT2D eigenvalue weighted by atomic mass is 9.77. The van der Waals surface area contributed by atoms with Gasteiger partial charge in [-0.1, -0.05) is 88.3 Å². The summed E-state index contributed by atoms with van der Waals surface area (Å²) >= 11 is 0. The SMILES string of the molecule is CCCCCCCCC1CCC(c2ccc(Cc3ccc(N)cc3)cc2)CC1. The number of nitrogens with two attached hydrogens (primary N) is 1. The molecule has 1 nitrogen and oxygen atoms in total. The van der Waals surface area contributed by atoms with E-state index in [1.54, 1.807) is 5.56 Å². The van der Waals surface area contributed by atoms with E-state index < -0.39 is 0 Å². The normalized spacial score (nSPS) is 19.6. The van der Waals surface area contributed by atoms with Crippen LogP contribution in [0.4, 0.5) is 5.69 Å². The molecule has 1 aliphatic rings. The summed E-state index contributed by atoms with van der Waals surface area (Å²) in [6.45, 7) is 2.30. The van der Waals surface area contributed by atoms with Gasteiger partial charge in [0.15, 0.2) is 0 Å². The third kappa shape index (κ3) is 6.69. The number of rotatable bonds is 10. The molecule has 2 aromatic carbocycles. The van der Waals surface area contributed by atoms with Gasteiger partial charge in [-0.2, -0.15) is 0 Å². The Labute approximate surface area is 172 Å². The molecule has 1 fully saturated rings. The summed E-state index contributed by atoms with van der Waals surface area (Å²) in [7, 11) is 0. The van der Waals surface area contributed by atoms with Crippen LogP contribution in [0, 0.1) is 5.92 Å². The van der Waals surface area contributed by atoms with Crippen molar-refractivity contribution in [1.82, 2.24) is 0 Å². The van der Waals surface area contributed by atoms with Gasteiger partial charge in [-0.3, -0.25) is 0 Å². The number of hydrogen-bond donors (Lipinski definition) is 1. The summed E-state index contributed by atoms with van der Waals surface area (Å²) in [6, 6.07) is 17.7. The van der Waals surface area contributed by atoms with E-state index in [1.807, 2.05) is 12.1 Å². The van der Waals surface area contributed by atoms with Gasteiger partial charge in [0.25, 0.3) is 0 Å². The molecule has 2 aromatic rings. The van der Waals surface area contributed by atoms with Gasteiger partial charge in [-0.05, 0) is 72.8 Å². The molecule has 1 aliphatic carbocycles. The van der Waals surface area contributed by atoms with Crippen molar-refractivity contribution >= 4 is 5.69 Å². The standard InChI is InChI=1S/C27H39N/c1-2-3-4-5-6-7-8-22-9-15-25(16-10-22)26-17-11-23(12-18-26)21-24-13-19-27(28)20-14-24/h11-14,17-20,22,25H,2-10,15-16,21,28H2,1H3. The van der Waals surface area contributed by atoms with Crippen LogP contribution in [0.15, 0.2) is 48.5 Å². The van der Waals surface area contributed by atoms with Gasteiger partial charge >= 0.3 is 0 Å². The molecule has 1 heteroatoms. The van der Waals surface area contributed by atoms with Crippen molar-refractivity contribution in [2.75, 3.05) is 5.73 Å². The van der Waals surface area contributed by atoms with E-state index in [0.717, 1.165) is 23.9 Å². The molecule has 3 rings (SSSR count). The van der Waals surface area contributed by atoms with Crippen LogP contribution in [0.5, 0.6) is 0 Å². The predicted molar refractivity (Wildman–Crippen MR) is 123 cm³/mol. The number of hydrogen-bond acceptors (Lipinski definition) is 1. The molecule has 0 bridgehead atoms. The molecular formula is C27H39N. The second kappa shape index (κ2) is 11.3. The summed E-state index contributed by atoms with van der Waals surface area (Å²) in [6.07, 6.45) is 16.7. The average Bonchev–Trinajstić information content (AvgIpc) is 2.73. The summed E-state index contributed by atoms with van der Waals surface area (Å²) in [5.74, 6) is 1.78. The zero-order valence-electron chi connectivity index (χ0n) is 17.8. The first-order valence-electron chi connectivity index (χ1n) is 11.7. The molecule has 0 heterocycles. The zero-order chi connectivity index (χ0) is 19.6. The molecule has 1 saturated carbocycles. The fourth-order valence-corrected chi connectivity index (χ4v) is 4.78. The Kier molecular flexibility index (Phi) is 8.45. The minimum absolute atomic E-state index is 0.784. The second-order valence-electron chi connectivity index (χ2n) is 8.93. The molecule has 0 saturated heterocycles. The molecule has 0 unspecified atom stereocenters.